The van der Waals surface area contributed by atoms with Crippen LogP contribution in [0.4, 0.5) is 0 Å². The van der Waals surface area contributed by atoms with Gasteiger partial charge in [-0.05, 0) is 32.8 Å². The third-order valence-corrected chi connectivity index (χ3v) is 7.84. The minimum Gasteiger partial charge on any atom is -0.322 e. The molecule has 4 aromatic heterocycles. The maximum absolute atomic E-state index is 12.9. The predicted molar refractivity (Wildman–Crippen MR) is 129 cm³/mol. The number of nitrogens with one attached hydrogen (secondary N) is 1. The Balaban J connectivity index is 1.78. The fraction of sp³-hybridized carbons (Fsp3) is 0.476. The molecule has 0 bridgehead atoms. The maximum Gasteiger partial charge on any atom is 0.330 e. The molecule has 0 unspecified atom stereocenters. The quantitative estimate of drug-likeness (QED) is 0.326. The molecule has 4 aromatic rings. The topological polar surface area (TPSA) is 108 Å². The monoisotopic (exact) mass is 474 g/mol. The summed E-state index contributed by atoms with van der Waals surface area (Å²) in [6, 6.07) is 0. The molecular formula is C21H26N6O3S2. The molecule has 0 saturated heterocycles. The first-order chi connectivity index (χ1) is 15.3. The lowest BCUT2D eigenvalue weighted by Gasteiger charge is -2.08. The number of thiophene rings is 1. The van der Waals surface area contributed by atoms with E-state index in [0.717, 1.165) is 28.1 Å². The van der Waals surface area contributed by atoms with Crippen molar-refractivity contribution in [3.8, 4) is 0 Å². The van der Waals surface area contributed by atoms with Gasteiger partial charge in [0.25, 0.3) is 11.1 Å². The largest absolute Gasteiger partial charge is 0.330 e. The van der Waals surface area contributed by atoms with Crippen LogP contribution in [0, 0.1) is 13.8 Å². The van der Waals surface area contributed by atoms with E-state index in [2.05, 4.69) is 9.97 Å². The number of thioether (sulfide) groups is 1. The number of fused-ring (bicyclic) bond motifs is 2. The number of unbranched alkanes of at least 4 members (excludes halogenated alkanes) is 1. The first-order valence-corrected chi connectivity index (χ1v) is 12.4. The lowest BCUT2D eigenvalue weighted by molar-refractivity contribution is 0.613. The molecule has 0 saturated carbocycles. The molecule has 4 rings (SSSR count). The van der Waals surface area contributed by atoms with E-state index < -0.39 is 11.2 Å². The third kappa shape index (κ3) is 3.62. The maximum atomic E-state index is 12.9. The van der Waals surface area contributed by atoms with E-state index in [9.17, 15) is 14.4 Å². The Hall–Kier alpha value is -2.66. The summed E-state index contributed by atoms with van der Waals surface area (Å²) >= 11 is 2.92. The number of aromatic nitrogens is 6. The summed E-state index contributed by atoms with van der Waals surface area (Å²) in [7, 11) is 1.72. The molecule has 0 spiro atoms. The van der Waals surface area contributed by atoms with Gasteiger partial charge in [0.15, 0.2) is 16.3 Å². The smallest absolute Gasteiger partial charge is 0.322 e. The zero-order valence-corrected chi connectivity index (χ0v) is 20.4. The lowest BCUT2D eigenvalue weighted by atomic mass is 10.2. The molecule has 32 heavy (non-hydrogen) atoms. The number of hydrogen-bond donors (Lipinski definition) is 1. The van der Waals surface area contributed by atoms with Crippen molar-refractivity contribution in [3.05, 3.63) is 47.5 Å². The average molecular weight is 475 g/mol. The van der Waals surface area contributed by atoms with E-state index in [1.807, 2.05) is 32.3 Å². The van der Waals surface area contributed by atoms with Crippen LogP contribution in [-0.4, -0.2) is 28.7 Å². The lowest BCUT2D eigenvalue weighted by Crippen LogP contribution is -2.31. The summed E-state index contributed by atoms with van der Waals surface area (Å²) in [5.74, 6) is 1.08. The van der Waals surface area contributed by atoms with Gasteiger partial charge in [0.05, 0.1) is 11.1 Å². The number of imidazole rings is 1. The van der Waals surface area contributed by atoms with Crippen molar-refractivity contribution in [1.29, 1.82) is 0 Å². The highest BCUT2D eigenvalue weighted by molar-refractivity contribution is 7.98. The van der Waals surface area contributed by atoms with Crippen LogP contribution in [0.3, 0.4) is 0 Å². The molecule has 1 N–H and O–H groups in total. The standard InChI is InChI=1S/C21H26N6O3S2/c1-6-8-9-27-16-15(17(28)23-20(27)30)26(7-2)13(22-16)10-31-21-24-18-14(19(29)25(21)5)11(3)12(4)32-18/h6-10H2,1-5H3,(H,23,28,30). The number of aromatic amines is 1. The Kier molecular flexibility index (Phi) is 6.13. The third-order valence-electron chi connectivity index (χ3n) is 5.72. The molecule has 0 atom stereocenters. The Morgan fingerprint density at radius 2 is 1.84 bits per heavy atom. The van der Waals surface area contributed by atoms with Gasteiger partial charge < -0.3 is 4.57 Å². The highest BCUT2D eigenvalue weighted by Gasteiger charge is 2.19. The molecule has 11 heteroatoms. The molecule has 4 heterocycles. The van der Waals surface area contributed by atoms with Crippen LogP contribution in [0.25, 0.3) is 21.4 Å². The summed E-state index contributed by atoms with van der Waals surface area (Å²) < 4.78 is 4.94. The predicted octanol–water partition coefficient (Wildman–Crippen LogP) is 2.92. The van der Waals surface area contributed by atoms with Crippen LogP contribution in [-0.2, 0) is 25.9 Å². The Bertz CT molecular complexity index is 1500. The van der Waals surface area contributed by atoms with E-state index in [1.165, 1.54) is 27.7 Å². The summed E-state index contributed by atoms with van der Waals surface area (Å²) in [4.78, 5) is 51.5. The second-order valence-electron chi connectivity index (χ2n) is 7.72. The molecular weight excluding hydrogens is 448 g/mol. The molecule has 170 valence electrons. The molecule has 0 amide bonds. The van der Waals surface area contributed by atoms with Crippen molar-refractivity contribution in [1.82, 2.24) is 28.7 Å². The van der Waals surface area contributed by atoms with Crippen molar-refractivity contribution in [2.45, 2.75) is 64.5 Å². The first kappa shape index (κ1) is 22.5. The van der Waals surface area contributed by atoms with Gasteiger partial charge >= 0.3 is 5.69 Å². The van der Waals surface area contributed by atoms with Crippen molar-refractivity contribution in [2.24, 2.45) is 7.05 Å². The van der Waals surface area contributed by atoms with E-state index in [-0.39, 0.29) is 5.56 Å². The van der Waals surface area contributed by atoms with Crippen LogP contribution in [0.2, 0.25) is 0 Å². The highest BCUT2D eigenvalue weighted by Crippen LogP contribution is 2.29. The number of nitrogens with zero attached hydrogens (tertiary/aromatic N) is 5. The fourth-order valence-electron chi connectivity index (χ4n) is 3.81. The molecule has 0 radical (unpaired) electrons. The SMILES string of the molecule is CCCCn1c(=O)[nH]c(=O)c2c1nc(CSc1nc3sc(C)c(C)c3c(=O)n1C)n2CC. The van der Waals surface area contributed by atoms with Gasteiger partial charge in [0.2, 0.25) is 0 Å². The van der Waals surface area contributed by atoms with Crippen LogP contribution < -0.4 is 16.8 Å². The average Bonchev–Trinajstić information content (AvgIpc) is 3.26. The Morgan fingerprint density at radius 1 is 1.09 bits per heavy atom. The number of aryl methyl sites for hydroxylation is 4. The summed E-state index contributed by atoms with van der Waals surface area (Å²) in [6.07, 6.45) is 1.74. The van der Waals surface area contributed by atoms with E-state index in [1.54, 1.807) is 11.6 Å². The second-order valence-corrected chi connectivity index (χ2v) is 9.87. The zero-order valence-electron chi connectivity index (χ0n) is 18.8. The normalized spacial score (nSPS) is 11.8. The van der Waals surface area contributed by atoms with Gasteiger partial charge in [-0.1, -0.05) is 25.1 Å². The minimum absolute atomic E-state index is 0.0619. The highest BCUT2D eigenvalue weighted by atomic mass is 32.2. The van der Waals surface area contributed by atoms with Gasteiger partial charge in [-0.25, -0.2) is 14.8 Å². The molecule has 9 nitrogen and oxygen atoms in total. The summed E-state index contributed by atoms with van der Waals surface area (Å²) in [5.41, 5.74) is 0.862. The van der Waals surface area contributed by atoms with Gasteiger partial charge in [-0.3, -0.25) is 23.7 Å². The van der Waals surface area contributed by atoms with Crippen molar-refractivity contribution < 1.29 is 0 Å². The van der Waals surface area contributed by atoms with Crippen LogP contribution in [0.15, 0.2) is 19.5 Å². The summed E-state index contributed by atoms with van der Waals surface area (Å²) in [5, 5.41) is 1.27. The zero-order chi connectivity index (χ0) is 23.2. The first-order valence-electron chi connectivity index (χ1n) is 10.6. The van der Waals surface area contributed by atoms with Crippen LogP contribution in [0.1, 0.15) is 43.0 Å². The molecule has 0 fully saturated rings. The van der Waals surface area contributed by atoms with Crippen molar-refractivity contribution >= 4 is 44.5 Å². The van der Waals surface area contributed by atoms with Gasteiger partial charge in [-0.15, -0.1) is 11.3 Å². The van der Waals surface area contributed by atoms with E-state index in [0.29, 0.717) is 46.4 Å². The molecule has 0 aliphatic heterocycles. The van der Waals surface area contributed by atoms with Gasteiger partial charge in [0, 0.05) is 25.0 Å². The van der Waals surface area contributed by atoms with Crippen LogP contribution >= 0.6 is 23.1 Å². The number of rotatable bonds is 7. The van der Waals surface area contributed by atoms with Gasteiger partial charge in [-0.2, -0.15) is 0 Å². The van der Waals surface area contributed by atoms with Crippen molar-refractivity contribution in [3.63, 3.8) is 0 Å². The summed E-state index contributed by atoms with van der Waals surface area (Å²) in [6.45, 7) is 8.96. The van der Waals surface area contributed by atoms with E-state index in [4.69, 9.17) is 4.98 Å². The second kappa shape index (κ2) is 8.70. The number of H-pyrrole nitrogens is 1. The Morgan fingerprint density at radius 3 is 2.53 bits per heavy atom. The number of hydrogen-bond acceptors (Lipinski definition) is 7. The van der Waals surface area contributed by atoms with E-state index >= 15 is 0 Å². The molecule has 0 aliphatic rings. The molecule has 0 aliphatic carbocycles. The minimum atomic E-state index is -0.436. The molecule has 0 aromatic carbocycles. The Labute approximate surface area is 192 Å². The fourth-order valence-corrected chi connectivity index (χ4v) is 5.79. The van der Waals surface area contributed by atoms with Crippen LogP contribution in [0.5, 0.6) is 0 Å². The van der Waals surface area contributed by atoms with Crippen molar-refractivity contribution in [2.75, 3.05) is 0 Å². The van der Waals surface area contributed by atoms with Gasteiger partial charge in [0.1, 0.15) is 10.7 Å².